The molecule has 1 aromatic heterocycles. The number of H-pyrrole nitrogens is 1. The SMILES string of the molecule is C=C.CCC.COC(=O)NCC(=O)N1CCC[C@H]1C(N)=N/C=C/C#Cc1ccc(-c2cnc([C@@H]3CCCN3C(=O)CNC(=O)OC)[nH]2)cc1C1=CCCC=C1.c1ccccc1. The van der Waals surface area contributed by atoms with Gasteiger partial charge in [0, 0.05) is 36.5 Å². The number of imidazole rings is 1. The maximum atomic E-state index is 12.8. The number of methoxy groups -OCH3 is 2. The van der Waals surface area contributed by atoms with E-state index in [0.717, 1.165) is 60.1 Å². The zero-order chi connectivity index (χ0) is 44.4. The lowest BCUT2D eigenvalue weighted by atomic mass is 9.93. The van der Waals surface area contributed by atoms with Gasteiger partial charge in [0.25, 0.3) is 0 Å². The summed E-state index contributed by atoms with van der Waals surface area (Å²) >= 11 is 0. The average Bonchev–Trinajstić information content (AvgIpc) is 4.11. The van der Waals surface area contributed by atoms with Gasteiger partial charge < -0.3 is 40.6 Å². The lowest BCUT2D eigenvalue weighted by Gasteiger charge is -2.24. The molecule has 5 N–H and O–H groups in total. The second-order valence-electron chi connectivity index (χ2n) is 13.8. The molecule has 3 aliphatic rings. The molecule has 0 unspecified atom stereocenters. The first kappa shape index (κ1) is 48.5. The number of nitrogens with two attached hydrogens (primary N) is 1. The summed E-state index contributed by atoms with van der Waals surface area (Å²) < 4.78 is 9.11. The number of amides is 4. The van der Waals surface area contributed by atoms with Crippen molar-refractivity contribution in [3.8, 4) is 23.1 Å². The van der Waals surface area contributed by atoms with Crippen molar-refractivity contribution in [2.75, 3.05) is 40.4 Å². The van der Waals surface area contributed by atoms with Gasteiger partial charge in [-0.3, -0.25) is 9.59 Å². The van der Waals surface area contributed by atoms with Gasteiger partial charge in [0.15, 0.2) is 0 Å². The number of allylic oxidation sites excluding steroid dienone is 5. The van der Waals surface area contributed by atoms with Gasteiger partial charge in [-0.1, -0.05) is 92.8 Å². The third-order valence-corrected chi connectivity index (χ3v) is 9.43. The van der Waals surface area contributed by atoms with Gasteiger partial charge in [0.2, 0.25) is 11.8 Å². The number of carbonyl (C=O) groups is 4. The second kappa shape index (κ2) is 27.0. The maximum Gasteiger partial charge on any atom is 0.407 e. The van der Waals surface area contributed by atoms with Crippen molar-refractivity contribution >= 4 is 35.4 Å². The molecule has 14 nitrogen and oxygen atoms in total. The standard InChI is InChI=1S/C36H42N8O6.C6H6.C3H8.C2H4/c1-49-35(47)40-22-31(45)43-18-8-13-29(43)33(37)38-17-7-6-12-25-15-16-26(20-27(25)24-10-4-3-5-11-24)28-21-39-34(42-28)30-14-9-19-44(30)32(46)23-41-36(48)50-2;1-2-4-6-5-3-1;1-3-2;1-2/h4,7,10-11,15-17,20-21,29-30H,3,5,8-9,13-14,18-19,22-23H2,1-2H3,(H2,37,38)(H,39,42)(H,40,47)(H,41,48);1-6H;3H2,1-2H3;1-2H2/b17-7+;;;/t29-,30-;;;/m0.../s1. The van der Waals surface area contributed by atoms with E-state index < -0.39 is 12.2 Å². The summed E-state index contributed by atoms with van der Waals surface area (Å²) in [5, 5.41) is 4.86. The number of carbonyl (C=O) groups excluding carboxylic acids is 4. The lowest BCUT2D eigenvalue weighted by Crippen LogP contribution is -2.47. The molecule has 2 saturated heterocycles. The van der Waals surface area contributed by atoms with Crippen LogP contribution in [-0.4, -0.2) is 96.0 Å². The Morgan fingerprint density at radius 1 is 0.934 bits per heavy atom. The van der Waals surface area contributed by atoms with Crippen LogP contribution >= 0.6 is 0 Å². The van der Waals surface area contributed by atoms with Gasteiger partial charge in [-0.25, -0.2) is 19.6 Å². The molecule has 2 aliphatic heterocycles. The molecule has 4 amide bonds. The van der Waals surface area contributed by atoms with Gasteiger partial charge >= 0.3 is 12.2 Å². The zero-order valence-corrected chi connectivity index (χ0v) is 35.8. The largest absolute Gasteiger partial charge is 0.453 e. The summed E-state index contributed by atoms with van der Waals surface area (Å²) in [6.45, 7) is 11.0. The van der Waals surface area contributed by atoms with Gasteiger partial charge in [0.1, 0.15) is 24.7 Å². The number of nitrogens with one attached hydrogen (secondary N) is 3. The molecule has 2 atom stereocenters. The minimum absolute atomic E-state index is 0.141. The van der Waals surface area contributed by atoms with Crippen molar-refractivity contribution in [3.63, 3.8) is 0 Å². The van der Waals surface area contributed by atoms with E-state index in [1.807, 2.05) is 48.5 Å². The smallest absolute Gasteiger partial charge is 0.407 e. The number of likely N-dealkylation sites (tertiary alicyclic amines) is 2. The Hall–Kier alpha value is -6.88. The number of aliphatic imine (C=N–C) groups is 1. The molecule has 61 heavy (non-hydrogen) atoms. The number of amidine groups is 1. The van der Waals surface area contributed by atoms with Crippen LogP contribution in [0.5, 0.6) is 0 Å². The molecule has 2 fully saturated rings. The lowest BCUT2D eigenvalue weighted by molar-refractivity contribution is -0.131. The van der Waals surface area contributed by atoms with Gasteiger partial charge in [-0.15, -0.1) is 13.2 Å². The minimum Gasteiger partial charge on any atom is -0.453 e. The summed E-state index contributed by atoms with van der Waals surface area (Å²) in [6, 6.07) is 17.5. The number of hydrogen-bond acceptors (Lipinski definition) is 8. The maximum absolute atomic E-state index is 12.8. The fourth-order valence-corrected chi connectivity index (χ4v) is 6.64. The van der Waals surface area contributed by atoms with Gasteiger partial charge in [-0.2, -0.15) is 0 Å². The van der Waals surface area contributed by atoms with Crippen molar-refractivity contribution < 1.29 is 28.7 Å². The summed E-state index contributed by atoms with van der Waals surface area (Å²) in [5.41, 5.74) is 10.9. The van der Waals surface area contributed by atoms with E-state index in [-0.39, 0.29) is 37.0 Å². The van der Waals surface area contributed by atoms with E-state index in [2.05, 4.69) is 98.2 Å². The van der Waals surface area contributed by atoms with Crippen LogP contribution < -0.4 is 16.4 Å². The van der Waals surface area contributed by atoms with E-state index >= 15 is 0 Å². The number of hydrogen-bond donors (Lipinski definition) is 4. The Balaban J connectivity index is 0.000000798. The quantitative estimate of drug-likeness (QED) is 0.0749. The normalized spacial score (nSPS) is 16.5. The highest BCUT2D eigenvalue weighted by molar-refractivity contribution is 5.92. The third kappa shape index (κ3) is 15.3. The Kier molecular flexibility index (Phi) is 21.5. The highest BCUT2D eigenvalue weighted by atomic mass is 16.5. The molecule has 3 aromatic rings. The monoisotopic (exact) mass is 832 g/mol. The zero-order valence-electron chi connectivity index (χ0n) is 35.8. The van der Waals surface area contributed by atoms with Gasteiger partial charge in [-0.05, 0) is 61.8 Å². The number of aromatic nitrogens is 2. The Labute approximate surface area is 360 Å². The van der Waals surface area contributed by atoms with Crippen molar-refractivity contribution in [1.29, 1.82) is 0 Å². The Morgan fingerprint density at radius 3 is 2.15 bits per heavy atom. The van der Waals surface area contributed by atoms with Crippen LogP contribution in [-0.2, 0) is 19.1 Å². The van der Waals surface area contributed by atoms with Crippen molar-refractivity contribution in [2.45, 2.75) is 70.9 Å². The number of benzene rings is 2. The van der Waals surface area contributed by atoms with Crippen LogP contribution in [0.15, 0.2) is 109 Å². The molecule has 0 bridgehead atoms. The molecule has 0 saturated carbocycles. The molecule has 14 heteroatoms. The summed E-state index contributed by atoms with van der Waals surface area (Å²) in [4.78, 5) is 64.0. The topological polar surface area (TPSA) is 184 Å². The van der Waals surface area contributed by atoms with Crippen molar-refractivity contribution in [2.24, 2.45) is 10.7 Å². The van der Waals surface area contributed by atoms with E-state index in [4.69, 9.17) is 5.73 Å². The average molecular weight is 833 g/mol. The van der Waals surface area contributed by atoms with Crippen LogP contribution in [0.3, 0.4) is 0 Å². The first-order valence-electron chi connectivity index (χ1n) is 20.5. The summed E-state index contributed by atoms with van der Waals surface area (Å²) in [7, 11) is 2.50. The highest BCUT2D eigenvalue weighted by Gasteiger charge is 2.33. The minimum atomic E-state index is -0.671. The molecule has 3 heterocycles. The molecular formula is C47H60N8O6. The third-order valence-electron chi connectivity index (χ3n) is 9.43. The first-order valence-corrected chi connectivity index (χ1v) is 20.5. The van der Waals surface area contributed by atoms with Crippen LogP contribution in [0.2, 0.25) is 0 Å². The number of aromatic amines is 1. The van der Waals surface area contributed by atoms with Crippen LogP contribution in [0, 0.1) is 11.8 Å². The molecule has 6 rings (SSSR count). The highest BCUT2D eigenvalue weighted by Crippen LogP contribution is 2.33. The molecule has 0 spiro atoms. The van der Waals surface area contributed by atoms with E-state index in [1.165, 1.54) is 26.8 Å². The molecule has 0 radical (unpaired) electrons. The molecule has 324 valence electrons. The molecule has 2 aromatic carbocycles. The fourth-order valence-electron chi connectivity index (χ4n) is 6.64. The van der Waals surface area contributed by atoms with E-state index in [0.29, 0.717) is 31.2 Å². The van der Waals surface area contributed by atoms with Crippen LogP contribution in [0.25, 0.3) is 16.8 Å². The summed E-state index contributed by atoms with van der Waals surface area (Å²) in [6.07, 6.45) is 16.3. The van der Waals surface area contributed by atoms with E-state index in [1.54, 1.807) is 22.1 Å². The van der Waals surface area contributed by atoms with Crippen molar-refractivity contribution in [1.82, 2.24) is 30.4 Å². The molecule has 1 aliphatic carbocycles. The fraction of sp³-hybridized carbons (Fsp3) is 0.362. The predicted molar refractivity (Wildman–Crippen MR) is 241 cm³/mol. The van der Waals surface area contributed by atoms with Crippen LogP contribution in [0.1, 0.15) is 81.8 Å². The van der Waals surface area contributed by atoms with Crippen molar-refractivity contribution in [3.05, 3.63) is 121 Å². The molecular weight excluding hydrogens is 773 g/mol. The number of rotatable bonds is 9. The predicted octanol–water partition coefficient (Wildman–Crippen LogP) is 7.30. The second-order valence-corrected chi connectivity index (χ2v) is 13.8. The van der Waals surface area contributed by atoms with Gasteiger partial charge in [0.05, 0.1) is 38.2 Å². The summed E-state index contributed by atoms with van der Waals surface area (Å²) in [5.74, 6) is 6.84. The van der Waals surface area contributed by atoms with Crippen LogP contribution in [0.4, 0.5) is 9.59 Å². The Bertz CT molecular complexity index is 2040. The number of alkyl carbamates (subject to hydrolysis) is 2. The first-order chi connectivity index (χ1) is 29.7. The number of ether oxygens (including phenoxy) is 2. The Morgan fingerprint density at radius 2 is 1.54 bits per heavy atom. The van der Waals surface area contributed by atoms with E-state index in [9.17, 15) is 19.2 Å². The number of nitrogens with zero attached hydrogens (tertiary/aromatic N) is 4.